The van der Waals surface area contributed by atoms with E-state index in [1.54, 1.807) is 0 Å². The molecule has 0 amide bonds. The fourth-order valence-corrected chi connectivity index (χ4v) is 2.06. The molecule has 2 heteroatoms. The summed E-state index contributed by atoms with van der Waals surface area (Å²) in [5.74, 6) is 2.45. The molecule has 0 atom stereocenters. The molecule has 0 aromatic carbocycles. The molecule has 0 saturated heterocycles. The maximum absolute atomic E-state index is 5.97. The van der Waals surface area contributed by atoms with Gasteiger partial charge in [-0.1, -0.05) is 19.3 Å². The fraction of sp³-hybridized carbons (Fsp3) is 0.909. The highest BCUT2D eigenvalue weighted by atomic mass is 14.9. The monoisotopic (exact) mass is 180 g/mol. The molecule has 74 valence electrons. The van der Waals surface area contributed by atoms with Crippen LogP contribution in [0.4, 0.5) is 0 Å². The van der Waals surface area contributed by atoms with Crippen molar-refractivity contribution in [1.29, 1.82) is 0 Å². The molecule has 0 radical (unpaired) electrons. The fourth-order valence-electron chi connectivity index (χ4n) is 2.06. The zero-order chi connectivity index (χ0) is 9.10. The Morgan fingerprint density at radius 1 is 1.08 bits per heavy atom. The molecule has 2 fully saturated rings. The SMILES string of the molecule is NC(=NCC1CC1)C1CCCCC1. The van der Waals surface area contributed by atoms with Crippen LogP contribution in [0.3, 0.4) is 0 Å². The van der Waals surface area contributed by atoms with Gasteiger partial charge in [-0.15, -0.1) is 0 Å². The number of rotatable bonds is 3. The molecule has 0 unspecified atom stereocenters. The third kappa shape index (κ3) is 2.71. The van der Waals surface area contributed by atoms with Crippen LogP contribution in [0.15, 0.2) is 4.99 Å². The van der Waals surface area contributed by atoms with Gasteiger partial charge in [0.05, 0.1) is 5.84 Å². The van der Waals surface area contributed by atoms with Crippen LogP contribution in [0.2, 0.25) is 0 Å². The maximum atomic E-state index is 5.97. The lowest BCUT2D eigenvalue weighted by Crippen LogP contribution is -2.26. The van der Waals surface area contributed by atoms with Crippen molar-refractivity contribution < 1.29 is 0 Å². The quantitative estimate of drug-likeness (QED) is 0.525. The van der Waals surface area contributed by atoms with Gasteiger partial charge < -0.3 is 5.73 Å². The van der Waals surface area contributed by atoms with Crippen molar-refractivity contribution in [3.8, 4) is 0 Å². The lowest BCUT2D eigenvalue weighted by atomic mass is 9.88. The molecule has 2 rings (SSSR count). The second-order valence-electron chi connectivity index (χ2n) is 4.54. The smallest absolute Gasteiger partial charge is 0.0968 e. The lowest BCUT2D eigenvalue weighted by molar-refractivity contribution is 0.436. The van der Waals surface area contributed by atoms with Gasteiger partial charge in [-0.3, -0.25) is 4.99 Å². The van der Waals surface area contributed by atoms with E-state index in [0.29, 0.717) is 5.92 Å². The van der Waals surface area contributed by atoms with Gasteiger partial charge in [0.2, 0.25) is 0 Å². The molecule has 2 N–H and O–H groups in total. The molecule has 13 heavy (non-hydrogen) atoms. The molecule has 0 spiro atoms. The molecule has 0 heterocycles. The van der Waals surface area contributed by atoms with E-state index in [-0.39, 0.29) is 0 Å². The predicted octanol–water partition coefficient (Wildman–Crippen LogP) is 2.33. The molecule has 0 aromatic rings. The van der Waals surface area contributed by atoms with E-state index >= 15 is 0 Å². The van der Waals surface area contributed by atoms with Gasteiger partial charge >= 0.3 is 0 Å². The minimum absolute atomic E-state index is 0.618. The Bertz CT molecular complexity index is 188. The van der Waals surface area contributed by atoms with Crippen LogP contribution in [-0.4, -0.2) is 12.4 Å². The van der Waals surface area contributed by atoms with Gasteiger partial charge in [-0.2, -0.15) is 0 Å². The van der Waals surface area contributed by atoms with Crippen molar-refractivity contribution in [1.82, 2.24) is 0 Å². The molecule has 2 saturated carbocycles. The molecule has 0 aliphatic heterocycles. The van der Waals surface area contributed by atoms with E-state index in [2.05, 4.69) is 4.99 Å². The Morgan fingerprint density at radius 3 is 2.38 bits per heavy atom. The van der Waals surface area contributed by atoms with E-state index in [1.807, 2.05) is 0 Å². The van der Waals surface area contributed by atoms with Crippen molar-refractivity contribution in [2.75, 3.05) is 6.54 Å². The number of hydrogen-bond acceptors (Lipinski definition) is 1. The minimum atomic E-state index is 0.618. The third-order valence-corrected chi connectivity index (χ3v) is 3.25. The Kier molecular flexibility index (Phi) is 2.87. The van der Waals surface area contributed by atoms with Gasteiger partial charge in [0, 0.05) is 12.5 Å². The Morgan fingerprint density at radius 2 is 1.77 bits per heavy atom. The number of nitrogens with zero attached hydrogens (tertiary/aromatic N) is 1. The maximum Gasteiger partial charge on any atom is 0.0968 e. The summed E-state index contributed by atoms with van der Waals surface area (Å²) in [4.78, 5) is 4.50. The van der Waals surface area contributed by atoms with Crippen molar-refractivity contribution >= 4 is 5.84 Å². The zero-order valence-electron chi connectivity index (χ0n) is 8.34. The van der Waals surface area contributed by atoms with Crippen LogP contribution in [0.1, 0.15) is 44.9 Å². The second kappa shape index (κ2) is 4.12. The van der Waals surface area contributed by atoms with Crippen LogP contribution in [0.5, 0.6) is 0 Å². The molecule has 2 aliphatic carbocycles. The lowest BCUT2D eigenvalue weighted by Gasteiger charge is -2.20. The first-order valence-corrected chi connectivity index (χ1v) is 5.66. The van der Waals surface area contributed by atoms with E-state index < -0.39 is 0 Å². The number of nitrogens with two attached hydrogens (primary N) is 1. The first-order valence-electron chi connectivity index (χ1n) is 5.66. The summed E-state index contributed by atoms with van der Waals surface area (Å²) in [5.41, 5.74) is 5.97. The summed E-state index contributed by atoms with van der Waals surface area (Å²) in [7, 11) is 0. The summed E-state index contributed by atoms with van der Waals surface area (Å²) in [6.45, 7) is 1.00. The molecule has 0 aromatic heterocycles. The normalized spacial score (nSPS) is 26.3. The number of amidine groups is 1. The van der Waals surface area contributed by atoms with Gasteiger partial charge in [0.1, 0.15) is 0 Å². The van der Waals surface area contributed by atoms with Crippen LogP contribution >= 0.6 is 0 Å². The van der Waals surface area contributed by atoms with E-state index in [0.717, 1.165) is 18.3 Å². The third-order valence-electron chi connectivity index (χ3n) is 3.25. The van der Waals surface area contributed by atoms with Gasteiger partial charge in [-0.05, 0) is 31.6 Å². The van der Waals surface area contributed by atoms with E-state index in [1.165, 1.54) is 44.9 Å². The van der Waals surface area contributed by atoms with Crippen molar-refractivity contribution in [2.24, 2.45) is 22.6 Å². The Balaban J connectivity index is 1.78. The average molecular weight is 180 g/mol. The Labute approximate surface area is 80.6 Å². The largest absolute Gasteiger partial charge is 0.387 e. The van der Waals surface area contributed by atoms with Gasteiger partial charge in [0.15, 0.2) is 0 Å². The highest BCUT2D eigenvalue weighted by molar-refractivity contribution is 5.82. The first-order chi connectivity index (χ1) is 6.36. The van der Waals surface area contributed by atoms with E-state index in [9.17, 15) is 0 Å². The standard InChI is InChI=1S/C11H20N2/c12-11(13-8-9-6-7-9)10-4-2-1-3-5-10/h9-10H,1-8H2,(H2,12,13). The van der Waals surface area contributed by atoms with Crippen molar-refractivity contribution in [3.05, 3.63) is 0 Å². The molecular formula is C11H20N2. The summed E-state index contributed by atoms with van der Waals surface area (Å²) in [5, 5.41) is 0. The summed E-state index contributed by atoms with van der Waals surface area (Å²) in [6, 6.07) is 0. The van der Waals surface area contributed by atoms with Crippen LogP contribution in [0.25, 0.3) is 0 Å². The first kappa shape index (κ1) is 9.04. The predicted molar refractivity (Wildman–Crippen MR) is 55.8 cm³/mol. The average Bonchev–Trinajstić information content (AvgIpc) is 2.99. The van der Waals surface area contributed by atoms with E-state index in [4.69, 9.17) is 5.73 Å². The molecular weight excluding hydrogens is 160 g/mol. The minimum Gasteiger partial charge on any atom is -0.387 e. The number of hydrogen-bond donors (Lipinski definition) is 1. The Hall–Kier alpha value is -0.530. The molecule has 2 nitrogen and oxygen atoms in total. The topological polar surface area (TPSA) is 38.4 Å². The van der Waals surface area contributed by atoms with Crippen LogP contribution in [-0.2, 0) is 0 Å². The highest BCUT2D eigenvalue weighted by Crippen LogP contribution is 2.29. The summed E-state index contributed by atoms with van der Waals surface area (Å²) < 4.78 is 0. The van der Waals surface area contributed by atoms with Crippen molar-refractivity contribution in [3.63, 3.8) is 0 Å². The van der Waals surface area contributed by atoms with Gasteiger partial charge in [0.25, 0.3) is 0 Å². The van der Waals surface area contributed by atoms with Crippen LogP contribution < -0.4 is 5.73 Å². The summed E-state index contributed by atoms with van der Waals surface area (Å²) in [6.07, 6.45) is 9.41. The zero-order valence-corrected chi connectivity index (χ0v) is 8.34. The van der Waals surface area contributed by atoms with Gasteiger partial charge in [-0.25, -0.2) is 0 Å². The van der Waals surface area contributed by atoms with Crippen LogP contribution in [0, 0.1) is 11.8 Å². The highest BCUT2D eigenvalue weighted by Gasteiger charge is 2.22. The summed E-state index contributed by atoms with van der Waals surface area (Å²) >= 11 is 0. The number of aliphatic imine (C=N–C) groups is 1. The molecule has 2 aliphatic rings. The second-order valence-corrected chi connectivity index (χ2v) is 4.54. The van der Waals surface area contributed by atoms with Crippen molar-refractivity contribution in [2.45, 2.75) is 44.9 Å². The molecule has 0 bridgehead atoms.